The van der Waals surface area contributed by atoms with Gasteiger partial charge in [-0.15, -0.1) is 31.7 Å². The molecule has 12 heterocycles. The van der Waals surface area contributed by atoms with E-state index in [1.54, 1.807) is 63.1 Å². The summed E-state index contributed by atoms with van der Waals surface area (Å²) < 4.78 is 87.0. The van der Waals surface area contributed by atoms with Crippen molar-refractivity contribution in [2.45, 2.75) is 26.1 Å². The van der Waals surface area contributed by atoms with Crippen molar-refractivity contribution < 1.29 is 51.1 Å². The SMILES string of the molecule is CC(C)Oc1cc(Nc2nc(N)n(-c3ccccn3)n2)ccc1N1CCOCC1.CN1CCN(c2nccc(-n3nc(Nc4ccc(N5CCOCC5)cc4)nc3N)n2)CC1.COc1cc(Nc2nc(N)n(-c3ccc(C(F)(F)F)cn3)n2)cc2c1OCO2.COc1ccc(Nc2nc(N)n(-c3nccs3)n2)cc1OC. The monoisotopic (exact) mass is 1540 g/mol. The van der Waals surface area contributed by atoms with E-state index in [1.807, 2.05) is 73.8 Å². The average molecular weight is 1540 g/mol. The van der Waals surface area contributed by atoms with E-state index in [2.05, 4.69) is 125 Å². The summed E-state index contributed by atoms with van der Waals surface area (Å²) in [5.74, 6) is 7.49. The second kappa shape index (κ2) is 34.7. The predicted octanol–water partition coefficient (Wildman–Crippen LogP) is 8.39. The number of nitrogens with two attached hydrogens (primary N) is 4. The van der Waals surface area contributed by atoms with Crippen LogP contribution < -0.4 is 87.3 Å². The van der Waals surface area contributed by atoms with Crippen molar-refractivity contribution in [3.05, 3.63) is 145 Å². The zero-order chi connectivity index (χ0) is 77.5. The van der Waals surface area contributed by atoms with Crippen LogP contribution in [0.25, 0.3) is 22.6 Å². The predicted molar refractivity (Wildman–Crippen MR) is 411 cm³/mol. The van der Waals surface area contributed by atoms with Gasteiger partial charge in [-0.2, -0.15) is 56.8 Å². The molecule has 37 nitrogen and oxygen atoms in total. The van der Waals surface area contributed by atoms with Crippen LogP contribution in [-0.4, -0.2) is 209 Å². The van der Waals surface area contributed by atoms with Crippen molar-refractivity contribution >= 4 is 99.0 Å². The second-order valence-electron chi connectivity index (χ2n) is 24.8. The third-order valence-electron chi connectivity index (χ3n) is 16.9. The molecule has 0 atom stereocenters. The second-order valence-corrected chi connectivity index (χ2v) is 25.7. The fourth-order valence-corrected chi connectivity index (χ4v) is 12.1. The van der Waals surface area contributed by atoms with E-state index in [4.69, 9.17) is 60.8 Å². The molecule has 3 saturated heterocycles. The molecule has 0 amide bonds. The Labute approximate surface area is 637 Å². The van der Waals surface area contributed by atoms with Gasteiger partial charge in [0.15, 0.2) is 40.5 Å². The normalized spacial score (nSPS) is 14.1. The molecule has 8 aromatic heterocycles. The van der Waals surface area contributed by atoms with E-state index in [1.165, 1.54) is 38.2 Å². The van der Waals surface area contributed by atoms with E-state index in [-0.39, 0.29) is 48.5 Å². The Morgan fingerprint density at radius 3 is 1.62 bits per heavy atom. The van der Waals surface area contributed by atoms with Gasteiger partial charge in [0.25, 0.3) is 0 Å². The first-order chi connectivity index (χ1) is 53.8. The molecule has 0 aliphatic carbocycles. The number of nitrogen functional groups attached to an aromatic ring is 4. The van der Waals surface area contributed by atoms with Crippen molar-refractivity contribution in [3.8, 4) is 57.1 Å². The summed E-state index contributed by atoms with van der Waals surface area (Å²) in [6.45, 7) is 14.3. The van der Waals surface area contributed by atoms with Crippen LogP contribution in [0.5, 0.6) is 34.5 Å². The number of nitrogens with one attached hydrogen (secondary N) is 4. The number of methoxy groups -OCH3 is 3. The molecule has 41 heteroatoms. The van der Waals surface area contributed by atoms with Gasteiger partial charge < -0.3 is 102 Å². The van der Waals surface area contributed by atoms with Gasteiger partial charge in [0, 0.05) is 141 Å². The summed E-state index contributed by atoms with van der Waals surface area (Å²) in [4.78, 5) is 47.2. The minimum absolute atomic E-state index is 0.0533. The van der Waals surface area contributed by atoms with Gasteiger partial charge in [-0.05, 0) is 93.7 Å². The molecule has 0 unspecified atom stereocenters. The van der Waals surface area contributed by atoms with E-state index >= 15 is 0 Å². The fraction of sp³-hybridized carbons (Fsp3) is 0.300. The lowest BCUT2D eigenvalue weighted by Crippen LogP contribution is -2.45. The summed E-state index contributed by atoms with van der Waals surface area (Å²) in [5, 5.41) is 32.3. The van der Waals surface area contributed by atoms with Crippen LogP contribution in [-0.2, 0) is 15.7 Å². The molecule has 0 radical (unpaired) electrons. The largest absolute Gasteiger partial charge is 0.493 e. The van der Waals surface area contributed by atoms with Crippen molar-refractivity contribution in [1.29, 1.82) is 0 Å². The molecule has 0 spiro atoms. The van der Waals surface area contributed by atoms with Crippen molar-refractivity contribution in [2.75, 3.05) is 173 Å². The topological polar surface area (TPSA) is 426 Å². The number of likely N-dealkylation sites (N-methyl/N-ethyl adjacent to an activating group) is 1. The van der Waals surface area contributed by atoms with Gasteiger partial charge in [-0.3, -0.25) is 0 Å². The number of alkyl halides is 3. The van der Waals surface area contributed by atoms with Gasteiger partial charge in [0.05, 0.1) is 65.1 Å². The number of rotatable bonds is 20. The van der Waals surface area contributed by atoms with Crippen LogP contribution in [0.15, 0.2) is 139 Å². The number of anilines is 15. The average Bonchev–Trinajstić information content (AvgIpc) is 1.79. The quantitative estimate of drug-likeness (QED) is 0.0355. The van der Waals surface area contributed by atoms with Crippen LogP contribution in [0.4, 0.5) is 101 Å². The maximum absolute atomic E-state index is 12.7. The van der Waals surface area contributed by atoms with Crippen molar-refractivity contribution in [1.82, 2.24) is 88.9 Å². The Hall–Kier alpha value is -13.3. The van der Waals surface area contributed by atoms with Crippen LogP contribution >= 0.6 is 11.3 Å². The minimum atomic E-state index is -4.48. The number of hydrogen-bond acceptors (Lipinski definition) is 34. The first-order valence-electron chi connectivity index (χ1n) is 34.7. The lowest BCUT2D eigenvalue weighted by molar-refractivity contribution is -0.137. The number of aromatic nitrogens is 17. The van der Waals surface area contributed by atoms with Gasteiger partial charge in [0.2, 0.25) is 71.2 Å². The smallest absolute Gasteiger partial charge is 0.417 e. The highest BCUT2D eigenvalue weighted by atomic mass is 32.1. The zero-order valence-electron chi connectivity index (χ0n) is 61.1. The van der Waals surface area contributed by atoms with E-state index in [0.717, 1.165) is 124 Å². The molecule has 111 heavy (non-hydrogen) atoms. The van der Waals surface area contributed by atoms with E-state index in [0.29, 0.717) is 81.2 Å². The Balaban J connectivity index is 0.000000131. The Morgan fingerprint density at radius 1 is 0.486 bits per heavy atom. The fourth-order valence-electron chi connectivity index (χ4n) is 11.5. The summed E-state index contributed by atoms with van der Waals surface area (Å²) in [5.41, 5.74) is 28.2. The standard InChI is InChI=1S/C21H28N10O.C20H25N7O2.C16H13F3N6O3.C13H14N6O2S/c1-28-8-10-30(11-9-28)21-23-7-6-18(25-21)31-19(22)26-20(27-31)24-16-2-4-17(5-3-16)29-12-14-32-15-13-29;1-14(2)29-17-13-15(6-7-16(17)26-9-11-28-12-10-26)23-20-24-19(21)27(25-20)18-5-3-4-8-22-18;1-26-10-4-9(5-11-13(10)28-7-27-11)22-15-23-14(20)25(24-15)12-3-2-8(6-21-12)16(17,18)19;1-20-9-4-3-8(7-10(9)21-2)16-12-17-11(14)19(18-12)13-15-5-6-22-13/h2-7H,8-15H2,1H3,(H3,22,24,26,27);3-8,13-14H,9-12H2,1-2H3,(H3,21,23,24,25);2-6H,7H2,1H3,(H3,20,22,23,24);3-7H,1-2H3,(H3,14,16,17,18). The maximum atomic E-state index is 12.7. The highest BCUT2D eigenvalue weighted by molar-refractivity contribution is 7.12. The minimum Gasteiger partial charge on any atom is -0.493 e. The van der Waals surface area contributed by atoms with Crippen LogP contribution in [0.3, 0.4) is 0 Å². The van der Waals surface area contributed by atoms with Gasteiger partial charge >= 0.3 is 6.18 Å². The van der Waals surface area contributed by atoms with E-state index < -0.39 is 11.7 Å². The molecule has 0 bridgehead atoms. The Bertz CT molecular complexity index is 5040. The van der Waals surface area contributed by atoms with Crippen molar-refractivity contribution in [3.63, 3.8) is 0 Å². The molecule has 0 saturated carbocycles. The molecule has 4 aliphatic heterocycles. The van der Waals surface area contributed by atoms with E-state index in [9.17, 15) is 13.2 Å². The number of pyridine rings is 2. The first kappa shape index (κ1) is 75.9. The summed E-state index contributed by atoms with van der Waals surface area (Å²) in [7, 11) is 6.77. The third-order valence-corrected chi connectivity index (χ3v) is 17.7. The van der Waals surface area contributed by atoms with Gasteiger partial charge in [-0.25, -0.2) is 19.9 Å². The summed E-state index contributed by atoms with van der Waals surface area (Å²) >= 11 is 1.43. The molecular weight excluding hydrogens is 1460 g/mol. The van der Waals surface area contributed by atoms with Gasteiger partial charge in [0.1, 0.15) is 5.75 Å². The summed E-state index contributed by atoms with van der Waals surface area (Å²) in [6, 6.07) is 32.3. The van der Waals surface area contributed by atoms with Crippen LogP contribution in [0, 0.1) is 0 Å². The Kier molecular flexibility index (Phi) is 23.8. The number of fused-ring (bicyclic) bond motifs is 1. The number of benzene rings is 4. The molecule has 4 aliphatic rings. The third kappa shape index (κ3) is 19.0. The summed E-state index contributed by atoms with van der Waals surface area (Å²) in [6.07, 6.45) is 1.37. The first-order valence-corrected chi connectivity index (χ1v) is 35.6. The number of nitrogens with zero attached hydrogens (tertiary/aromatic N) is 21. The lowest BCUT2D eigenvalue weighted by Gasteiger charge is -2.32. The highest BCUT2D eigenvalue weighted by Crippen LogP contribution is 2.44. The molecule has 12 N–H and O–H groups in total. The number of morpholine rings is 2. The number of halogens is 3. The van der Waals surface area contributed by atoms with Crippen molar-refractivity contribution in [2.24, 2.45) is 0 Å². The number of ether oxygens (including phenoxy) is 8. The molecular formula is C70H80F3N29O8S. The highest BCUT2D eigenvalue weighted by Gasteiger charge is 2.31. The molecule has 16 rings (SSSR count). The lowest BCUT2D eigenvalue weighted by atomic mass is 10.2. The van der Waals surface area contributed by atoms with Gasteiger partial charge in [-0.1, -0.05) is 6.07 Å². The zero-order valence-corrected chi connectivity index (χ0v) is 61.9. The number of thiazole rings is 1. The van der Waals surface area contributed by atoms with Crippen LogP contribution in [0.2, 0.25) is 0 Å². The van der Waals surface area contributed by atoms with Crippen LogP contribution in [0.1, 0.15) is 19.4 Å². The number of hydrogen-bond donors (Lipinski definition) is 8. The molecule has 12 aromatic rings. The maximum Gasteiger partial charge on any atom is 0.417 e. The molecule has 3 fully saturated rings. The molecule has 580 valence electrons. The number of piperazine rings is 1. The molecule has 4 aromatic carbocycles. The Morgan fingerprint density at radius 2 is 1.05 bits per heavy atom.